The van der Waals surface area contributed by atoms with E-state index in [-0.39, 0.29) is 48.9 Å². The lowest BCUT2D eigenvalue weighted by Gasteiger charge is -2.15. The number of nitrogens with zero attached hydrogens (tertiary/aromatic N) is 4. The zero-order valence-electron chi connectivity index (χ0n) is 23.9. The smallest absolute Gasteiger partial charge is 0.258 e. The number of benzene rings is 3. The summed E-state index contributed by atoms with van der Waals surface area (Å²) in [6, 6.07) is 7.48. The molecule has 0 fully saturated rings. The highest BCUT2D eigenvalue weighted by molar-refractivity contribution is 6.68. The van der Waals surface area contributed by atoms with Crippen LogP contribution in [0.15, 0.2) is 69.0 Å². The highest BCUT2D eigenvalue weighted by Crippen LogP contribution is 2.31. The van der Waals surface area contributed by atoms with Crippen molar-refractivity contribution >= 4 is 115 Å². The van der Waals surface area contributed by atoms with Gasteiger partial charge < -0.3 is 10.6 Å². The molecule has 3 rings (SSSR count). The maximum absolute atomic E-state index is 13.0. The van der Waals surface area contributed by atoms with Crippen LogP contribution in [0.5, 0.6) is 0 Å². The third kappa shape index (κ3) is 9.47. The molecule has 46 heavy (non-hydrogen) atoms. The average molecular weight is 727 g/mol. The number of carbonyl (C=O) groups is 6. The van der Waals surface area contributed by atoms with Crippen molar-refractivity contribution in [2.24, 2.45) is 20.5 Å². The van der Waals surface area contributed by atoms with Crippen molar-refractivity contribution in [3.05, 3.63) is 80.3 Å². The van der Waals surface area contributed by atoms with Crippen LogP contribution in [-0.2, 0) is 19.2 Å². The van der Waals surface area contributed by atoms with Gasteiger partial charge in [-0.25, -0.2) is 0 Å². The lowest BCUT2D eigenvalue weighted by molar-refractivity contribution is -0.127. The van der Waals surface area contributed by atoms with Crippen molar-refractivity contribution in [1.29, 1.82) is 0 Å². The first-order valence-corrected chi connectivity index (χ1v) is 14.7. The summed E-state index contributed by atoms with van der Waals surface area (Å²) in [5, 5.41) is 19.0. The topological polar surface area (TPSA) is 176 Å². The molecule has 0 bridgehead atoms. The minimum atomic E-state index is -1.61. The summed E-state index contributed by atoms with van der Waals surface area (Å²) >= 11 is 29.5. The Hall–Kier alpha value is -4.07. The van der Waals surface area contributed by atoms with E-state index in [1.807, 2.05) is 0 Å². The molecule has 0 aliphatic carbocycles. The standard InChI is InChI=1S/C29H21Cl5N6O6/c1-12-8-21(36-29(46)25(14(3)42)40-38-23-10-16(27(34)44)5-7-18(23)31)19(32)11-20(12)35-28(45)24(13(2)41)39-37-22-9-15(26(33)43)4-6-17(22)30/h4-11,24-25H,1-3H3,(H,35,45)(H,36,46). The molecule has 0 spiro atoms. The van der Waals surface area contributed by atoms with E-state index in [0.29, 0.717) is 5.56 Å². The van der Waals surface area contributed by atoms with Gasteiger partial charge in [-0.05, 0) is 98.1 Å². The van der Waals surface area contributed by atoms with E-state index < -0.39 is 45.9 Å². The monoisotopic (exact) mass is 724 g/mol. The molecule has 0 saturated carbocycles. The molecule has 3 aromatic rings. The Morgan fingerprint density at radius 1 is 0.609 bits per heavy atom. The molecular formula is C29H21Cl5N6O6. The van der Waals surface area contributed by atoms with Gasteiger partial charge in [0.25, 0.3) is 22.3 Å². The van der Waals surface area contributed by atoms with Crippen LogP contribution in [0, 0.1) is 6.92 Å². The largest absolute Gasteiger partial charge is 0.323 e. The maximum Gasteiger partial charge on any atom is 0.258 e. The lowest BCUT2D eigenvalue weighted by Crippen LogP contribution is -2.32. The molecule has 0 aromatic heterocycles. The summed E-state index contributed by atoms with van der Waals surface area (Å²) in [5.41, 5.74) is 0.826. The fraction of sp³-hybridized carbons (Fsp3) is 0.172. The van der Waals surface area contributed by atoms with Gasteiger partial charge >= 0.3 is 0 Å². The van der Waals surface area contributed by atoms with Crippen molar-refractivity contribution in [1.82, 2.24) is 0 Å². The van der Waals surface area contributed by atoms with Crippen LogP contribution in [-0.4, -0.2) is 45.9 Å². The summed E-state index contributed by atoms with van der Waals surface area (Å²) in [6.07, 6.45) is 0. The predicted molar refractivity (Wildman–Crippen MR) is 175 cm³/mol. The van der Waals surface area contributed by atoms with Crippen LogP contribution in [0.4, 0.5) is 22.7 Å². The summed E-state index contributed by atoms with van der Waals surface area (Å²) in [6.45, 7) is 3.84. The SMILES string of the molecule is CC(=O)C(N=Nc1cc(C(=O)Cl)ccc1Cl)C(=O)Nc1cc(Cl)c(NC(=O)C(N=Nc2cc(C(=O)Cl)ccc2Cl)C(C)=O)cc1C. The number of rotatable bonds is 12. The van der Waals surface area contributed by atoms with Gasteiger partial charge in [-0.3, -0.25) is 28.8 Å². The number of carbonyl (C=O) groups excluding carboxylic acids is 6. The highest BCUT2D eigenvalue weighted by Gasteiger charge is 2.26. The molecule has 0 aliphatic rings. The second-order valence-corrected chi connectivity index (χ2v) is 11.4. The number of anilines is 2. The molecule has 0 saturated heterocycles. The second kappa shape index (κ2) is 16.0. The highest BCUT2D eigenvalue weighted by atomic mass is 35.5. The van der Waals surface area contributed by atoms with Crippen LogP contribution in [0.2, 0.25) is 15.1 Å². The fourth-order valence-electron chi connectivity index (χ4n) is 3.61. The van der Waals surface area contributed by atoms with Crippen molar-refractivity contribution in [2.45, 2.75) is 32.9 Å². The van der Waals surface area contributed by atoms with Gasteiger partial charge in [0.05, 0.1) is 20.8 Å². The van der Waals surface area contributed by atoms with Gasteiger partial charge in [-0.1, -0.05) is 34.8 Å². The minimum absolute atomic E-state index is 0.00608. The van der Waals surface area contributed by atoms with Crippen LogP contribution < -0.4 is 10.6 Å². The molecule has 12 nitrogen and oxygen atoms in total. The summed E-state index contributed by atoms with van der Waals surface area (Å²) < 4.78 is 0. The molecule has 3 aromatic carbocycles. The van der Waals surface area contributed by atoms with E-state index >= 15 is 0 Å². The first-order chi connectivity index (χ1) is 21.6. The molecule has 17 heteroatoms. The van der Waals surface area contributed by atoms with E-state index in [1.54, 1.807) is 6.92 Å². The molecule has 2 N–H and O–H groups in total. The van der Waals surface area contributed by atoms with Gasteiger partial charge in [0.2, 0.25) is 12.1 Å². The second-order valence-electron chi connectivity index (χ2n) is 9.46. The minimum Gasteiger partial charge on any atom is -0.323 e. The van der Waals surface area contributed by atoms with Crippen LogP contribution in [0.1, 0.15) is 40.1 Å². The van der Waals surface area contributed by atoms with Gasteiger partial charge in [0.1, 0.15) is 11.4 Å². The zero-order valence-corrected chi connectivity index (χ0v) is 27.7. The Morgan fingerprint density at radius 3 is 1.41 bits per heavy atom. The van der Waals surface area contributed by atoms with Gasteiger partial charge in [0, 0.05) is 16.8 Å². The Kier molecular flexibility index (Phi) is 12.6. The van der Waals surface area contributed by atoms with Crippen molar-refractivity contribution in [2.75, 3.05) is 10.6 Å². The van der Waals surface area contributed by atoms with E-state index in [4.69, 9.17) is 58.0 Å². The number of amides is 2. The quantitative estimate of drug-likeness (QED) is 0.108. The molecule has 0 aliphatic heterocycles. The Labute approximate surface area is 286 Å². The number of hydrogen-bond donors (Lipinski definition) is 2. The fourth-order valence-corrected chi connectivity index (χ4v) is 4.37. The molecule has 2 amide bonds. The molecule has 238 valence electrons. The third-order valence-corrected chi connectivity index (χ3v) is 7.39. The number of hydrogen-bond acceptors (Lipinski definition) is 10. The van der Waals surface area contributed by atoms with Crippen LogP contribution in [0.25, 0.3) is 0 Å². The van der Waals surface area contributed by atoms with E-state index in [1.165, 1.54) is 48.5 Å². The molecular weight excluding hydrogens is 706 g/mol. The summed E-state index contributed by atoms with van der Waals surface area (Å²) in [7, 11) is 0. The first kappa shape index (κ1) is 36.4. The average Bonchev–Trinajstić information content (AvgIpc) is 2.97. The molecule has 2 atom stereocenters. The number of aryl methyl sites for hydroxylation is 1. The van der Waals surface area contributed by atoms with Crippen molar-refractivity contribution in [3.63, 3.8) is 0 Å². The Bertz CT molecular complexity index is 1700. The summed E-state index contributed by atoms with van der Waals surface area (Å²) in [5.74, 6) is -3.05. The van der Waals surface area contributed by atoms with Crippen molar-refractivity contribution < 1.29 is 28.8 Å². The molecule has 0 radical (unpaired) electrons. The maximum atomic E-state index is 13.0. The molecule has 2 unspecified atom stereocenters. The Morgan fingerprint density at radius 2 is 1.02 bits per heavy atom. The number of Topliss-reactive ketones (excluding diaryl/α,β-unsaturated/α-hetero) is 2. The van der Waals surface area contributed by atoms with Crippen LogP contribution in [0.3, 0.4) is 0 Å². The van der Waals surface area contributed by atoms with E-state index in [0.717, 1.165) is 13.8 Å². The van der Waals surface area contributed by atoms with Crippen LogP contribution >= 0.6 is 58.0 Å². The van der Waals surface area contributed by atoms with E-state index in [9.17, 15) is 28.8 Å². The summed E-state index contributed by atoms with van der Waals surface area (Å²) in [4.78, 5) is 73.4. The third-order valence-electron chi connectivity index (χ3n) is 6.00. The van der Waals surface area contributed by atoms with Gasteiger partial charge in [-0.15, -0.1) is 0 Å². The predicted octanol–water partition coefficient (Wildman–Crippen LogP) is 8.07. The number of ketones is 2. The first-order valence-electron chi connectivity index (χ1n) is 12.8. The normalized spacial score (nSPS) is 12.5. The van der Waals surface area contributed by atoms with Gasteiger partial charge in [-0.2, -0.15) is 20.5 Å². The van der Waals surface area contributed by atoms with Crippen molar-refractivity contribution in [3.8, 4) is 0 Å². The Balaban J connectivity index is 1.79. The number of halogens is 5. The lowest BCUT2D eigenvalue weighted by atomic mass is 10.1. The zero-order chi connectivity index (χ0) is 34.3. The number of nitrogens with one attached hydrogen (secondary N) is 2. The molecule has 0 heterocycles. The number of azo groups is 2. The van der Waals surface area contributed by atoms with Gasteiger partial charge in [0.15, 0.2) is 11.6 Å². The van der Waals surface area contributed by atoms with E-state index in [2.05, 4.69) is 31.1 Å².